The van der Waals surface area contributed by atoms with Crippen LogP contribution in [-0.4, -0.2) is 54.3 Å². The fraction of sp³-hybridized carbons (Fsp3) is 0.211. The van der Waals surface area contributed by atoms with Gasteiger partial charge in [0.1, 0.15) is 0 Å². The van der Waals surface area contributed by atoms with Crippen molar-refractivity contribution >= 4 is 41.0 Å². The summed E-state index contributed by atoms with van der Waals surface area (Å²) >= 11 is 11.7. The molecule has 0 radical (unpaired) electrons. The van der Waals surface area contributed by atoms with Crippen LogP contribution in [0.2, 0.25) is 10.0 Å². The molecule has 0 N–H and O–H groups in total. The van der Waals surface area contributed by atoms with E-state index in [-0.39, 0.29) is 11.1 Å². The number of halogens is 2. The van der Waals surface area contributed by atoms with Crippen LogP contribution in [-0.2, 0) is 9.47 Å². The second kappa shape index (κ2) is 8.28. The lowest BCUT2D eigenvalue weighted by Crippen LogP contribution is -2.43. The Morgan fingerprint density at radius 2 is 1.07 bits per heavy atom. The molecule has 0 aromatic heterocycles. The fourth-order valence-corrected chi connectivity index (χ4v) is 3.15. The van der Waals surface area contributed by atoms with Crippen molar-refractivity contribution < 1.29 is 23.9 Å². The zero-order valence-corrected chi connectivity index (χ0v) is 16.5. The average Bonchev–Trinajstić information content (AvgIpc) is 2.99. The van der Waals surface area contributed by atoms with Gasteiger partial charge < -0.3 is 9.47 Å². The van der Waals surface area contributed by atoms with Gasteiger partial charge in [-0.15, -0.1) is 0 Å². The minimum atomic E-state index is -1.11. The molecule has 0 aliphatic carbocycles. The number of ether oxygens (including phenoxy) is 2. The first-order valence-corrected chi connectivity index (χ1v) is 8.92. The van der Waals surface area contributed by atoms with Gasteiger partial charge in [0.2, 0.25) is 0 Å². The summed E-state index contributed by atoms with van der Waals surface area (Å²) in [4.78, 5) is 40.6. The zero-order chi connectivity index (χ0) is 20.4. The largest absolute Gasteiger partial charge is 0.356 e. The Morgan fingerprint density at radius 3 is 1.36 bits per heavy atom. The van der Waals surface area contributed by atoms with Crippen LogP contribution >= 0.6 is 23.2 Å². The lowest BCUT2D eigenvalue weighted by Gasteiger charge is -2.23. The van der Waals surface area contributed by atoms with Crippen molar-refractivity contribution in [1.29, 1.82) is 0 Å². The number of hydrogen-bond acceptors (Lipinski definition) is 5. The minimum absolute atomic E-state index is 0.218. The Morgan fingerprint density at radius 1 is 0.750 bits per heavy atom. The van der Waals surface area contributed by atoms with Crippen LogP contribution in [0.15, 0.2) is 48.5 Å². The Bertz CT molecular complexity index is 828. The maximum atomic E-state index is 13.0. The maximum absolute atomic E-state index is 13.0. The van der Waals surface area contributed by atoms with Crippen molar-refractivity contribution in [3.63, 3.8) is 0 Å². The third-order valence-electron chi connectivity index (χ3n) is 4.27. The summed E-state index contributed by atoms with van der Waals surface area (Å²) in [5.74, 6) is -1.27. The van der Waals surface area contributed by atoms with E-state index < -0.39 is 30.3 Å². The monoisotopic (exact) mass is 422 g/mol. The van der Waals surface area contributed by atoms with Crippen LogP contribution in [0.4, 0.5) is 4.79 Å². The van der Waals surface area contributed by atoms with E-state index in [1.165, 1.54) is 62.8 Å². The van der Waals surface area contributed by atoms with Crippen molar-refractivity contribution in [3.05, 3.63) is 69.7 Å². The van der Waals surface area contributed by atoms with Gasteiger partial charge in [-0.2, -0.15) is 0 Å². The number of carbonyl (C=O) groups excluding carboxylic acids is 3. The molecule has 0 spiro atoms. The lowest BCUT2D eigenvalue weighted by molar-refractivity contribution is -0.0931. The Hall–Kier alpha value is -2.45. The summed E-state index contributed by atoms with van der Waals surface area (Å²) in [6, 6.07) is 11.2. The van der Waals surface area contributed by atoms with Crippen molar-refractivity contribution in [2.75, 3.05) is 14.2 Å². The summed E-state index contributed by atoms with van der Waals surface area (Å²) in [5.41, 5.74) is 0.436. The number of rotatable bonds is 4. The molecule has 1 aliphatic heterocycles. The zero-order valence-electron chi connectivity index (χ0n) is 15.0. The van der Waals surface area contributed by atoms with Crippen LogP contribution in [0.1, 0.15) is 20.7 Å². The number of imide groups is 2. The summed E-state index contributed by atoms with van der Waals surface area (Å²) in [6.07, 6.45) is -2.23. The van der Waals surface area contributed by atoms with Gasteiger partial charge in [-0.25, -0.2) is 14.6 Å². The standard InChI is InChI=1S/C19H16Cl2N2O5/c1-27-17-18(28-2)23(16(25)12-5-9-14(21)10-6-12)19(26)22(17)15(24)11-3-7-13(20)8-4-11/h3-10,17-18H,1-2H3/t17-,18-/m1/s1. The molecule has 1 fully saturated rings. The summed E-state index contributed by atoms with van der Waals surface area (Å²) in [7, 11) is 2.64. The molecule has 0 bridgehead atoms. The van der Waals surface area contributed by atoms with Crippen LogP contribution in [0.5, 0.6) is 0 Å². The minimum Gasteiger partial charge on any atom is -0.356 e. The lowest BCUT2D eigenvalue weighted by atomic mass is 10.2. The van der Waals surface area contributed by atoms with Crippen molar-refractivity contribution in [3.8, 4) is 0 Å². The van der Waals surface area contributed by atoms with Gasteiger partial charge in [-0.1, -0.05) is 23.2 Å². The van der Waals surface area contributed by atoms with Crippen molar-refractivity contribution in [2.24, 2.45) is 0 Å². The molecule has 3 rings (SSSR count). The first kappa shape index (κ1) is 20.3. The molecular formula is C19H16Cl2N2O5. The van der Waals surface area contributed by atoms with Crippen molar-refractivity contribution in [2.45, 2.75) is 12.5 Å². The first-order valence-electron chi connectivity index (χ1n) is 8.17. The third kappa shape index (κ3) is 3.62. The van der Waals surface area contributed by atoms with Crippen LogP contribution < -0.4 is 0 Å². The Balaban J connectivity index is 1.97. The van der Waals surface area contributed by atoms with E-state index in [2.05, 4.69) is 0 Å². The molecule has 146 valence electrons. The smallest absolute Gasteiger partial charge is 0.338 e. The molecular weight excluding hydrogens is 407 g/mol. The highest BCUT2D eigenvalue weighted by Gasteiger charge is 2.52. The third-order valence-corrected chi connectivity index (χ3v) is 4.77. The number of nitrogens with zero attached hydrogens (tertiary/aromatic N) is 2. The number of carbonyl (C=O) groups is 3. The van der Waals surface area contributed by atoms with E-state index in [0.717, 1.165) is 9.80 Å². The van der Waals surface area contributed by atoms with Gasteiger partial charge in [-0.05, 0) is 48.5 Å². The highest BCUT2D eigenvalue weighted by atomic mass is 35.5. The molecule has 2 aromatic rings. The van der Waals surface area contributed by atoms with E-state index in [1.54, 1.807) is 0 Å². The quantitative estimate of drug-likeness (QED) is 0.751. The predicted octanol–water partition coefficient (Wildman–Crippen LogP) is 3.66. The second-order valence-corrected chi connectivity index (χ2v) is 6.77. The number of urea groups is 1. The number of amides is 4. The van der Waals surface area contributed by atoms with E-state index in [9.17, 15) is 14.4 Å². The van der Waals surface area contributed by atoms with E-state index in [4.69, 9.17) is 32.7 Å². The maximum Gasteiger partial charge on any atom is 0.338 e. The highest BCUT2D eigenvalue weighted by molar-refractivity contribution is 6.31. The first-order chi connectivity index (χ1) is 13.4. The molecule has 1 heterocycles. The molecule has 1 aliphatic rings. The summed E-state index contributed by atoms with van der Waals surface area (Å²) < 4.78 is 10.6. The SMILES string of the molecule is CO[C@@H]1[C@@H](OC)N(C(=O)c2ccc(Cl)cc2)C(=O)N1C(=O)c1ccc(Cl)cc1. The molecule has 2 atom stereocenters. The van der Waals surface area contributed by atoms with Gasteiger partial charge in [0.25, 0.3) is 11.8 Å². The second-order valence-electron chi connectivity index (χ2n) is 5.90. The normalized spacial score (nSPS) is 19.2. The van der Waals surface area contributed by atoms with Gasteiger partial charge in [0, 0.05) is 35.4 Å². The van der Waals surface area contributed by atoms with Crippen LogP contribution in [0.25, 0.3) is 0 Å². The summed E-state index contributed by atoms with van der Waals surface area (Å²) in [6.45, 7) is 0. The van der Waals surface area contributed by atoms with E-state index >= 15 is 0 Å². The van der Waals surface area contributed by atoms with E-state index in [1.807, 2.05) is 0 Å². The fourth-order valence-electron chi connectivity index (χ4n) is 2.90. The highest BCUT2D eigenvalue weighted by Crippen LogP contribution is 2.28. The van der Waals surface area contributed by atoms with Crippen LogP contribution in [0.3, 0.4) is 0 Å². The number of benzene rings is 2. The Kier molecular flexibility index (Phi) is 6.00. The molecule has 9 heteroatoms. The molecule has 0 saturated carbocycles. The van der Waals surface area contributed by atoms with Gasteiger partial charge in [0.15, 0.2) is 12.5 Å². The van der Waals surface area contributed by atoms with Crippen molar-refractivity contribution in [1.82, 2.24) is 9.80 Å². The molecule has 1 saturated heterocycles. The van der Waals surface area contributed by atoms with Gasteiger partial charge >= 0.3 is 6.03 Å². The van der Waals surface area contributed by atoms with Gasteiger partial charge in [0.05, 0.1) is 0 Å². The average molecular weight is 423 g/mol. The molecule has 28 heavy (non-hydrogen) atoms. The topological polar surface area (TPSA) is 76.2 Å². The van der Waals surface area contributed by atoms with Crippen LogP contribution in [0, 0.1) is 0 Å². The van der Waals surface area contributed by atoms with E-state index in [0.29, 0.717) is 10.0 Å². The molecule has 4 amide bonds. The Labute approximate surface area is 171 Å². The molecule has 2 aromatic carbocycles. The summed E-state index contributed by atoms with van der Waals surface area (Å²) in [5, 5.41) is 0.892. The predicted molar refractivity (Wildman–Crippen MR) is 102 cm³/mol. The molecule has 7 nitrogen and oxygen atoms in total. The molecule has 0 unspecified atom stereocenters. The van der Waals surface area contributed by atoms with Gasteiger partial charge in [-0.3, -0.25) is 9.59 Å². The number of hydrogen-bond donors (Lipinski definition) is 0. The number of methoxy groups -OCH3 is 2.